The van der Waals surface area contributed by atoms with E-state index in [1.807, 2.05) is 4.57 Å². The summed E-state index contributed by atoms with van der Waals surface area (Å²) in [5.41, 5.74) is 6.49. The molecule has 4 nitrogen and oxygen atoms in total. The Labute approximate surface area is 115 Å². The van der Waals surface area contributed by atoms with Gasteiger partial charge in [0.2, 0.25) is 0 Å². The number of rotatable bonds is 3. The van der Waals surface area contributed by atoms with Crippen molar-refractivity contribution in [2.45, 2.75) is 19.1 Å². The van der Waals surface area contributed by atoms with E-state index in [0.29, 0.717) is 18.8 Å². The van der Waals surface area contributed by atoms with Crippen molar-refractivity contribution >= 4 is 17.2 Å². The van der Waals surface area contributed by atoms with Crippen LogP contribution in [0.2, 0.25) is 0 Å². The van der Waals surface area contributed by atoms with E-state index in [9.17, 15) is 4.39 Å². The van der Waals surface area contributed by atoms with Crippen molar-refractivity contribution in [3.63, 3.8) is 0 Å². The second-order valence-electron chi connectivity index (χ2n) is 4.46. The molecule has 0 bridgehead atoms. The number of nitrogens with two attached hydrogens (primary N) is 1. The van der Waals surface area contributed by atoms with Gasteiger partial charge in [0.1, 0.15) is 22.7 Å². The van der Waals surface area contributed by atoms with Gasteiger partial charge in [-0.2, -0.15) is 0 Å². The first-order valence-corrected chi connectivity index (χ1v) is 6.30. The Morgan fingerprint density at radius 1 is 1.58 bits per heavy atom. The van der Waals surface area contributed by atoms with E-state index in [4.69, 9.17) is 22.7 Å². The number of benzene rings is 1. The van der Waals surface area contributed by atoms with Crippen molar-refractivity contribution in [1.29, 1.82) is 0 Å². The lowest BCUT2D eigenvalue weighted by atomic mass is 10.1. The summed E-state index contributed by atoms with van der Waals surface area (Å²) in [5.74, 6) is 1.07. The van der Waals surface area contributed by atoms with Crippen LogP contribution in [0.15, 0.2) is 30.6 Å². The highest BCUT2D eigenvalue weighted by atomic mass is 32.1. The Morgan fingerprint density at radius 3 is 3.21 bits per heavy atom. The van der Waals surface area contributed by atoms with Crippen molar-refractivity contribution in [1.82, 2.24) is 9.55 Å². The largest absolute Gasteiger partial charge is 0.488 e. The molecular weight excluding hydrogens is 265 g/mol. The van der Waals surface area contributed by atoms with Gasteiger partial charge < -0.3 is 15.0 Å². The van der Waals surface area contributed by atoms with Gasteiger partial charge in [-0.15, -0.1) is 0 Å². The number of thiocarbonyl (C=S) groups is 1. The van der Waals surface area contributed by atoms with Crippen LogP contribution in [0, 0.1) is 5.82 Å². The number of hydrogen-bond acceptors (Lipinski definition) is 3. The normalized spacial score (nSPS) is 17.0. The third-order valence-corrected chi connectivity index (χ3v) is 3.28. The summed E-state index contributed by atoms with van der Waals surface area (Å²) in [6.07, 6.45) is 4.07. The molecule has 2 aromatic rings. The summed E-state index contributed by atoms with van der Waals surface area (Å²) >= 11 is 4.93. The molecule has 0 saturated carbocycles. The molecule has 2 heterocycles. The van der Waals surface area contributed by atoms with Crippen LogP contribution in [0.25, 0.3) is 0 Å². The minimum atomic E-state index is -0.241. The van der Waals surface area contributed by atoms with Crippen LogP contribution < -0.4 is 10.5 Å². The fraction of sp³-hybridized carbons (Fsp3) is 0.231. The number of aromatic nitrogens is 2. The van der Waals surface area contributed by atoms with Gasteiger partial charge >= 0.3 is 0 Å². The van der Waals surface area contributed by atoms with Crippen LogP contribution in [0.5, 0.6) is 5.75 Å². The van der Waals surface area contributed by atoms with Crippen molar-refractivity contribution in [3.8, 4) is 5.75 Å². The number of halogens is 1. The highest BCUT2D eigenvalue weighted by Gasteiger charge is 2.24. The van der Waals surface area contributed by atoms with E-state index >= 15 is 0 Å². The fourth-order valence-electron chi connectivity index (χ4n) is 2.29. The molecule has 3 rings (SSSR count). The van der Waals surface area contributed by atoms with Crippen molar-refractivity contribution in [3.05, 3.63) is 47.8 Å². The molecule has 0 amide bonds. The van der Waals surface area contributed by atoms with Crippen LogP contribution in [0.1, 0.15) is 11.4 Å². The van der Waals surface area contributed by atoms with Crippen LogP contribution in [0.4, 0.5) is 4.39 Å². The SMILES string of the molecule is NC(=S)c1nccn1CC1Cc2cc(F)ccc2O1. The smallest absolute Gasteiger partial charge is 0.167 e. The first-order valence-electron chi connectivity index (χ1n) is 5.89. The fourth-order valence-corrected chi connectivity index (χ4v) is 2.46. The molecule has 0 fully saturated rings. The zero-order valence-electron chi connectivity index (χ0n) is 10.0. The lowest BCUT2D eigenvalue weighted by molar-refractivity contribution is 0.209. The third-order valence-electron chi connectivity index (χ3n) is 3.10. The second-order valence-corrected chi connectivity index (χ2v) is 4.90. The van der Waals surface area contributed by atoms with Gasteiger partial charge in [-0.25, -0.2) is 9.37 Å². The van der Waals surface area contributed by atoms with Gasteiger partial charge in [0.05, 0.1) is 6.54 Å². The molecule has 98 valence electrons. The average molecular weight is 277 g/mol. The number of hydrogen-bond donors (Lipinski definition) is 1. The molecule has 19 heavy (non-hydrogen) atoms. The number of imidazole rings is 1. The van der Waals surface area contributed by atoms with Crippen LogP contribution in [-0.2, 0) is 13.0 Å². The van der Waals surface area contributed by atoms with Gasteiger partial charge in [-0.1, -0.05) is 12.2 Å². The van der Waals surface area contributed by atoms with E-state index in [1.54, 1.807) is 18.5 Å². The van der Waals surface area contributed by atoms with E-state index in [0.717, 1.165) is 11.3 Å². The molecule has 1 aromatic heterocycles. The van der Waals surface area contributed by atoms with Crippen molar-refractivity contribution in [2.24, 2.45) is 5.73 Å². The van der Waals surface area contributed by atoms with Crippen molar-refractivity contribution in [2.75, 3.05) is 0 Å². The highest BCUT2D eigenvalue weighted by molar-refractivity contribution is 7.80. The monoisotopic (exact) mass is 277 g/mol. The maximum Gasteiger partial charge on any atom is 0.167 e. The van der Waals surface area contributed by atoms with Crippen LogP contribution in [0.3, 0.4) is 0 Å². The van der Waals surface area contributed by atoms with Gasteiger partial charge in [-0.05, 0) is 18.2 Å². The van der Waals surface area contributed by atoms with Gasteiger partial charge in [0.25, 0.3) is 0 Å². The Balaban J connectivity index is 1.77. The van der Waals surface area contributed by atoms with Gasteiger partial charge in [0, 0.05) is 24.4 Å². The zero-order chi connectivity index (χ0) is 13.4. The number of nitrogens with zero attached hydrogens (tertiary/aromatic N) is 2. The van der Waals surface area contributed by atoms with Crippen molar-refractivity contribution < 1.29 is 9.13 Å². The Kier molecular flexibility index (Phi) is 2.94. The molecule has 1 atom stereocenters. The second kappa shape index (κ2) is 4.62. The molecule has 0 saturated heterocycles. The minimum Gasteiger partial charge on any atom is -0.488 e. The lowest BCUT2D eigenvalue weighted by Crippen LogP contribution is -2.25. The predicted molar refractivity (Wildman–Crippen MR) is 72.6 cm³/mol. The molecule has 1 unspecified atom stereocenters. The molecule has 0 spiro atoms. The van der Waals surface area contributed by atoms with E-state index in [2.05, 4.69) is 4.98 Å². The predicted octanol–water partition coefficient (Wildman–Crippen LogP) is 1.66. The highest BCUT2D eigenvalue weighted by Crippen LogP contribution is 2.29. The molecule has 0 radical (unpaired) electrons. The van der Waals surface area contributed by atoms with Gasteiger partial charge in [-0.3, -0.25) is 0 Å². The molecule has 2 N–H and O–H groups in total. The molecule has 1 aliphatic heterocycles. The maximum atomic E-state index is 13.1. The summed E-state index contributed by atoms with van der Waals surface area (Å²) in [4.78, 5) is 4.36. The Bertz CT molecular complexity index is 641. The first kappa shape index (κ1) is 12.1. The summed E-state index contributed by atoms with van der Waals surface area (Å²) < 4.78 is 20.8. The average Bonchev–Trinajstić information content (AvgIpc) is 2.95. The topological polar surface area (TPSA) is 53.1 Å². The molecule has 1 aliphatic rings. The van der Waals surface area contributed by atoms with E-state index in [1.165, 1.54) is 12.1 Å². The number of fused-ring (bicyclic) bond motifs is 1. The summed E-state index contributed by atoms with van der Waals surface area (Å²) in [7, 11) is 0. The third kappa shape index (κ3) is 2.31. The maximum absolute atomic E-state index is 13.1. The van der Waals surface area contributed by atoms with Gasteiger partial charge in [0.15, 0.2) is 5.82 Å². The summed E-state index contributed by atoms with van der Waals surface area (Å²) in [6.45, 7) is 0.586. The number of ether oxygens (including phenoxy) is 1. The molecular formula is C13H12FN3OS. The van der Waals surface area contributed by atoms with Crippen LogP contribution >= 0.6 is 12.2 Å². The standard InChI is InChI=1S/C13H12FN3OS/c14-9-1-2-11-8(5-9)6-10(18-11)7-17-4-3-16-13(17)12(15)19/h1-5,10H,6-7H2,(H2,15,19). The minimum absolute atomic E-state index is 0.0564. The molecule has 0 aliphatic carbocycles. The van der Waals surface area contributed by atoms with E-state index < -0.39 is 0 Å². The molecule has 1 aromatic carbocycles. The summed E-state index contributed by atoms with van der Waals surface area (Å²) in [6, 6.07) is 4.57. The zero-order valence-corrected chi connectivity index (χ0v) is 10.9. The quantitative estimate of drug-likeness (QED) is 0.867. The van der Waals surface area contributed by atoms with E-state index in [-0.39, 0.29) is 16.9 Å². The Hall–Kier alpha value is -1.95. The lowest BCUT2D eigenvalue weighted by Gasteiger charge is -2.13. The molecule has 6 heteroatoms. The first-order chi connectivity index (χ1) is 9.13. The summed E-state index contributed by atoms with van der Waals surface area (Å²) in [5, 5.41) is 0. The van der Waals surface area contributed by atoms with Crippen LogP contribution in [-0.4, -0.2) is 20.6 Å². The Morgan fingerprint density at radius 2 is 2.42 bits per heavy atom.